The zero-order valence-corrected chi connectivity index (χ0v) is 7.50. The second-order valence-corrected chi connectivity index (χ2v) is 3.59. The molecule has 2 saturated heterocycles. The summed E-state index contributed by atoms with van der Waals surface area (Å²) in [7, 11) is 0. The van der Waals surface area contributed by atoms with Crippen LogP contribution in [0, 0.1) is 0 Å². The molecule has 68 valence electrons. The standard InChI is InChI=1S/C9H14O3/c1-3-9-5-4-7(10)8(12-9)6(2)11-9/h6,8H,3-5H2,1-2H3/t6-,8-,9-/m1/s1. The summed E-state index contributed by atoms with van der Waals surface area (Å²) < 4.78 is 11.2. The Morgan fingerprint density at radius 1 is 1.58 bits per heavy atom. The molecule has 3 nitrogen and oxygen atoms in total. The number of rotatable bonds is 1. The van der Waals surface area contributed by atoms with E-state index in [1.807, 2.05) is 13.8 Å². The zero-order chi connectivity index (χ0) is 8.77. The molecular formula is C9H14O3. The van der Waals surface area contributed by atoms with Gasteiger partial charge >= 0.3 is 0 Å². The van der Waals surface area contributed by atoms with E-state index in [0.29, 0.717) is 6.42 Å². The van der Waals surface area contributed by atoms with Crippen LogP contribution in [-0.2, 0) is 14.3 Å². The third-order valence-corrected chi connectivity index (χ3v) is 2.78. The topological polar surface area (TPSA) is 35.5 Å². The van der Waals surface area contributed by atoms with Gasteiger partial charge in [-0.05, 0) is 13.3 Å². The van der Waals surface area contributed by atoms with E-state index in [1.54, 1.807) is 0 Å². The highest BCUT2D eigenvalue weighted by atomic mass is 16.8. The molecule has 2 heterocycles. The second kappa shape index (κ2) is 2.54. The first kappa shape index (κ1) is 8.20. The van der Waals surface area contributed by atoms with Gasteiger partial charge in [0.25, 0.3) is 0 Å². The lowest BCUT2D eigenvalue weighted by Crippen LogP contribution is -2.38. The molecule has 12 heavy (non-hydrogen) atoms. The zero-order valence-electron chi connectivity index (χ0n) is 7.50. The van der Waals surface area contributed by atoms with Gasteiger partial charge in [0, 0.05) is 12.8 Å². The van der Waals surface area contributed by atoms with Gasteiger partial charge in [-0.1, -0.05) is 6.92 Å². The lowest BCUT2D eigenvalue weighted by atomic mass is 9.99. The van der Waals surface area contributed by atoms with Crippen LogP contribution in [0.2, 0.25) is 0 Å². The Morgan fingerprint density at radius 2 is 2.33 bits per heavy atom. The van der Waals surface area contributed by atoms with Crippen LogP contribution in [0.5, 0.6) is 0 Å². The maximum Gasteiger partial charge on any atom is 0.170 e. The SMILES string of the molecule is CC[C@]12CCC(=O)[C@H](O1)[C@@H](C)O2. The Hall–Kier alpha value is -0.410. The molecule has 0 aromatic heterocycles. The highest BCUT2D eigenvalue weighted by molar-refractivity contribution is 5.84. The van der Waals surface area contributed by atoms with Crippen molar-refractivity contribution in [3.63, 3.8) is 0 Å². The lowest BCUT2D eigenvalue weighted by molar-refractivity contribution is -0.195. The van der Waals surface area contributed by atoms with Crippen molar-refractivity contribution >= 4 is 5.78 Å². The number of Topliss-reactive ketones (excluding diaryl/α,β-unsaturated/α-hetero) is 1. The van der Waals surface area contributed by atoms with Crippen LogP contribution in [0.25, 0.3) is 0 Å². The number of hydrogen-bond acceptors (Lipinski definition) is 3. The van der Waals surface area contributed by atoms with Crippen molar-refractivity contribution < 1.29 is 14.3 Å². The van der Waals surface area contributed by atoms with Crippen molar-refractivity contribution in [2.75, 3.05) is 0 Å². The smallest absolute Gasteiger partial charge is 0.170 e. The number of ketones is 1. The van der Waals surface area contributed by atoms with E-state index < -0.39 is 5.79 Å². The molecule has 2 aliphatic heterocycles. The molecule has 0 aromatic carbocycles. The summed E-state index contributed by atoms with van der Waals surface area (Å²) >= 11 is 0. The van der Waals surface area contributed by atoms with E-state index in [1.165, 1.54) is 0 Å². The Labute approximate surface area is 72.0 Å². The van der Waals surface area contributed by atoms with E-state index in [4.69, 9.17) is 9.47 Å². The van der Waals surface area contributed by atoms with Crippen molar-refractivity contribution in [2.24, 2.45) is 0 Å². The summed E-state index contributed by atoms with van der Waals surface area (Å²) in [6.45, 7) is 3.94. The average Bonchev–Trinajstić information content (AvgIpc) is 2.35. The van der Waals surface area contributed by atoms with Crippen LogP contribution < -0.4 is 0 Å². The minimum Gasteiger partial charge on any atom is -0.344 e. The summed E-state index contributed by atoms with van der Waals surface area (Å²) in [6, 6.07) is 0. The molecule has 0 aromatic rings. The van der Waals surface area contributed by atoms with E-state index in [2.05, 4.69) is 0 Å². The summed E-state index contributed by atoms with van der Waals surface area (Å²) in [6.07, 6.45) is 1.83. The first-order valence-electron chi connectivity index (χ1n) is 4.55. The quantitative estimate of drug-likeness (QED) is 0.594. The molecule has 0 saturated carbocycles. The van der Waals surface area contributed by atoms with Gasteiger partial charge in [-0.2, -0.15) is 0 Å². The van der Waals surface area contributed by atoms with Gasteiger partial charge in [-0.3, -0.25) is 4.79 Å². The van der Waals surface area contributed by atoms with Crippen molar-refractivity contribution in [1.82, 2.24) is 0 Å². The molecule has 2 rings (SSSR count). The molecule has 0 amide bonds. The molecular weight excluding hydrogens is 156 g/mol. The minimum atomic E-state index is -0.433. The van der Waals surface area contributed by atoms with Crippen LogP contribution in [0.15, 0.2) is 0 Å². The molecule has 3 heteroatoms. The molecule has 0 spiro atoms. The van der Waals surface area contributed by atoms with Gasteiger partial charge in [-0.25, -0.2) is 0 Å². The summed E-state index contributed by atoms with van der Waals surface area (Å²) in [5.74, 6) is -0.234. The summed E-state index contributed by atoms with van der Waals surface area (Å²) in [5.41, 5.74) is 0. The van der Waals surface area contributed by atoms with E-state index in [-0.39, 0.29) is 18.0 Å². The van der Waals surface area contributed by atoms with Crippen molar-refractivity contribution in [1.29, 1.82) is 0 Å². The van der Waals surface area contributed by atoms with Crippen molar-refractivity contribution in [3.8, 4) is 0 Å². The van der Waals surface area contributed by atoms with Gasteiger partial charge < -0.3 is 9.47 Å². The Kier molecular flexibility index (Phi) is 1.73. The number of ether oxygens (including phenoxy) is 2. The molecule has 0 N–H and O–H groups in total. The van der Waals surface area contributed by atoms with Gasteiger partial charge in [0.1, 0.15) is 6.10 Å². The molecule has 2 aliphatic rings. The number of hydrogen-bond donors (Lipinski definition) is 0. The highest BCUT2D eigenvalue weighted by Crippen LogP contribution is 2.40. The molecule has 0 unspecified atom stereocenters. The largest absolute Gasteiger partial charge is 0.344 e. The van der Waals surface area contributed by atoms with Gasteiger partial charge in [0.15, 0.2) is 11.6 Å². The average molecular weight is 170 g/mol. The fourth-order valence-corrected chi connectivity index (χ4v) is 2.00. The third-order valence-electron chi connectivity index (χ3n) is 2.78. The first-order chi connectivity index (χ1) is 5.67. The van der Waals surface area contributed by atoms with Crippen molar-refractivity contribution in [3.05, 3.63) is 0 Å². The molecule has 2 fully saturated rings. The lowest BCUT2D eigenvalue weighted by Gasteiger charge is -2.29. The number of carbonyl (C=O) groups excluding carboxylic acids is 1. The van der Waals surface area contributed by atoms with Crippen LogP contribution in [0.1, 0.15) is 33.1 Å². The normalized spacial score (nSPS) is 46.7. The predicted octanol–water partition coefficient (Wildman–Crippen LogP) is 1.26. The summed E-state index contributed by atoms with van der Waals surface area (Å²) in [5, 5.41) is 0. The van der Waals surface area contributed by atoms with Gasteiger partial charge in [0.05, 0.1) is 6.10 Å². The molecule has 0 aliphatic carbocycles. The minimum absolute atomic E-state index is 0.0556. The fourth-order valence-electron chi connectivity index (χ4n) is 2.00. The first-order valence-corrected chi connectivity index (χ1v) is 4.55. The van der Waals surface area contributed by atoms with E-state index in [9.17, 15) is 4.79 Å². The Morgan fingerprint density at radius 3 is 3.00 bits per heavy atom. The monoisotopic (exact) mass is 170 g/mol. The van der Waals surface area contributed by atoms with Crippen LogP contribution in [0.3, 0.4) is 0 Å². The second-order valence-electron chi connectivity index (χ2n) is 3.59. The van der Waals surface area contributed by atoms with Gasteiger partial charge in [0.2, 0.25) is 0 Å². The predicted molar refractivity (Wildman–Crippen MR) is 42.7 cm³/mol. The van der Waals surface area contributed by atoms with Gasteiger partial charge in [-0.15, -0.1) is 0 Å². The maximum absolute atomic E-state index is 11.3. The highest BCUT2D eigenvalue weighted by Gasteiger charge is 2.51. The number of carbonyl (C=O) groups is 1. The van der Waals surface area contributed by atoms with Crippen molar-refractivity contribution in [2.45, 2.75) is 51.1 Å². The van der Waals surface area contributed by atoms with Crippen LogP contribution in [0.4, 0.5) is 0 Å². The Bertz CT molecular complexity index is 214. The van der Waals surface area contributed by atoms with Crippen LogP contribution in [-0.4, -0.2) is 23.8 Å². The maximum atomic E-state index is 11.3. The Balaban J connectivity index is 2.22. The molecule has 2 bridgehead atoms. The summed E-state index contributed by atoms with van der Waals surface area (Å²) in [4.78, 5) is 11.3. The number of fused-ring (bicyclic) bond motifs is 2. The molecule has 3 atom stereocenters. The molecule has 0 radical (unpaired) electrons. The fraction of sp³-hybridized carbons (Fsp3) is 0.889. The van der Waals surface area contributed by atoms with Crippen LogP contribution >= 0.6 is 0 Å². The third kappa shape index (κ3) is 1.00. The van der Waals surface area contributed by atoms with E-state index >= 15 is 0 Å². The van der Waals surface area contributed by atoms with E-state index in [0.717, 1.165) is 12.8 Å².